The normalized spacial score (nSPS) is 17.3. The predicted octanol–water partition coefficient (Wildman–Crippen LogP) is 3.02. The second-order valence-electron chi connectivity index (χ2n) is 8.37. The number of urea groups is 1. The number of rotatable bonds is 7. The number of carbonyl (C=O) groups is 2. The lowest BCUT2D eigenvalue weighted by Gasteiger charge is -2.41. The van der Waals surface area contributed by atoms with E-state index in [1.807, 2.05) is 30.3 Å². The van der Waals surface area contributed by atoms with E-state index in [-0.39, 0.29) is 30.1 Å². The molecule has 0 aliphatic carbocycles. The molecule has 150 valence electrons. The highest BCUT2D eigenvalue weighted by Crippen LogP contribution is 2.20. The molecular weight excluding hydrogens is 342 g/mol. The van der Waals surface area contributed by atoms with Crippen molar-refractivity contribution in [3.05, 3.63) is 35.9 Å². The summed E-state index contributed by atoms with van der Waals surface area (Å²) in [6.07, 6.45) is 2.96. The number of nitrogens with one attached hydrogen (secondary N) is 2. The fourth-order valence-electron chi connectivity index (χ4n) is 3.53. The highest BCUT2D eigenvalue weighted by molar-refractivity contribution is 5.74. The molecule has 1 aliphatic rings. The molecule has 27 heavy (non-hydrogen) atoms. The SMILES string of the molecule is CC(C)(C)N1CCC(NC(=O)NC(CCC(=O)O)Cc2ccccc2)CC1. The van der Waals surface area contributed by atoms with Crippen LogP contribution >= 0.6 is 0 Å². The van der Waals surface area contributed by atoms with Gasteiger partial charge in [-0.3, -0.25) is 9.69 Å². The maximum Gasteiger partial charge on any atom is 0.315 e. The van der Waals surface area contributed by atoms with Crippen LogP contribution in [0.25, 0.3) is 0 Å². The third-order valence-electron chi connectivity index (χ3n) is 5.15. The molecule has 1 aromatic rings. The van der Waals surface area contributed by atoms with Crippen LogP contribution in [-0.2, 0) is 11.2 Å². The van der Waals surface area contributed by atoms with E-state index in [0.717, 1.165) is 31.5 Å². The molecule has 6 nitrogen and oxygen atoms in total. The Kier molecular flexibility index (Phi) is 7.66. The first-order valence-corrected chi connectivity index (χ1v) is 9.82. The number of nitrogens with zero attached hydrogens (tertiary/aromatic N) is 1. The van der Waals surface area contributed by atoms with Gasteiger partial charge in [-0.25, -0.2) is 4.79 Å². The van der Waals surface area contributed by atoms with Crippen molar-refractivity contribution in [3.8, 4) is 0 Å². The van der Waals surface area contributed by atoms with Crippen LogP contribution < -0.4 is 10.6 Å². The van der Waals surface area contributed by atoms with Gasteiger partial charge < -0.3 is 15.7 Å². The van der Waals surface area contributed by atoms with Gasteiger partial charge in [0.2, 0.25) is 0 Å². The number of carbonyl (C=O) groups excluding carboxylic acids is 1. The van der Waals surface area contributed by atoms with Crippen LogP contribution in [-0.4, -0.2) is 52.7 Å². The van der Waals surface area contributed by atoms with Gasteiger partial charge in [0.1, 0.15) is 0 Å². The second kappa shape index (κ2) is 9.74. The van der Waals surface area contributed by atoms with Gasteiger partial charge in [-0.05, 0) is 52.0 Å². The minimum Gasteiger partial charge on any atom is -0.481 e. The Morgan fingerprint density at radius 3 is 2.37 bits per heavy atom. The Bertz CT molecular complexity index is 605. The Labute approximate surface area is 162 Å². The number of hydrogen-bond donors (Lipinski definition) is 3. The minimum absolute atomic E-state index is 0.0434. The molecule has 0 radical (unpaired) electrons. The molecule has 0 spiro atoms. The summed E-state index contributed by atoms with van der Waals surface area (Å²) in [5.74, 6) is -0.843. The van der Waals surface area contributed by atoms with Crippen molar-refractivity contribution in [2.24, 2.45) is 0 Å². The van der Waals surface area contributed by atoms with Gasteiger partial charge in [0.25, 0.3) is 0 Å². The van der Waals surface area contributed by atoms with Crippen LogP contribution in [0.3, 0.4) is 0 Å². The van der Waals surface area contributed by atoms with E-state index in [2.05, 4.69) is 36.3 Å². The lowest BCUT2D eigenvalue weighted by atomic mass is 9.98. The number of aliphatic carboxylic acids is 1. The molecule has 2 amide bonds. The molecular formula is C21H33N3O3. The Balaban J connectivity index is 1.84. The van der Waals surface area contributed by atoms with Gasteiger partial charge >= 0.3 is 12.0 Å². The first kappa shape index (κ1) is 21.2. The van der Waals surface area contributed by atoms with Crippen molar-refractivity contribution >= 4 is 12.0 Å². The summed E-state index contributed by atoms with van der Waals surface area (Å²) < 4.78 is 0. The number of carboxylic acid groups (broad SMARTS) is 1. The van der Waals surface area contributed by atoms with Crippen LogP contribution in [0.2, 0.25) is 0 Å². The largest absolute Gasteiger partial charge is 0.481 e. The standard InChI is InChI=1S/C21H33N3O3/c1-21(2,3)24-13-11-17(12-14-24)22-20(27)23-18(9-10-19(25)26)15-16-7-5-4-6-8-16/h4-8,17-18H,9-15H2,1-3H3,(H,25,26)(H2,22,23,27). The maximum atomic E-state index is 12.5. The van der Waals surface area contributed by atoms with Crippen LogP contribution in [0, 0.1) is 0 Å². The van der Waals surface area contributed by atoms with Crippen molar-refractivity contribution < 1.29 is 14.7 Å². The van der Waals surface area contributed by atoms with E-state index in [1.165, 1.54) is 0 Å². The average Bonchev–Trinajstić information content (AvgIpc) is 2.60. The summed E-state index contributed by atoms with van der Waals surface area (Å²) in [5, 5.41) is 15.0. The molecule has 1 aromatic carbocycles. The molecule has 1 aliphatic heterocycles. The van der Waals surface area contributed by atoms with E-state index >= 15 is 0 Å². The quantitative estimate of drug-likeness (QED) is 0.684. The van der Waals surface area contributed by atoms with Crippen molar-refractivity contribution in [3.63, 3.8) is 0 Å². The lowest BCUT2D eigenvalue weighted by molar-refractivity contribution is -0.137. The van der Waals surface area contributed by atoms with Gasteiger partial charge in [0.05, 0.1) is 0 Å². The highest BCUT2D eigenvalue weighted by atomic mass is 16.4. The fourth-order valence-corrected chi connectivity index (χ4v) is 3.53. The number of likely N-dealkylation sites (tertiary alicyclic amines) is 1. The zero-order valence-electron chi connectivity index (χ0n) is 16.7. The van der Waals surface area contributed by atoms with E-state index in [0.29, 0.717) is 12.8 Å². The zero-order valence-corrected chi connectivity index (χ0v) is 16.7. The Morgan fingerprint density at radius 1 is 1.19 bits per heavy atom. The molecule has 1 fully saturated rings. The third-order valence-corrected chi connectivity index (χ3v) is 5.15. The third kappa shape index (κ3) is 7.59. The van der Waals surface area contributed by atoms with Gasteiger partial charge in [-0.15, -0.1) is 0 Å². The first-order chi connectivity index (χ1) is 12.7. The summed E-state index contributed by atoms with van der Waals surface area (Å²) in [7, 11) is 0. The molecule has 3 N–H and O–H groups in total. The first-order valence-electron chi connectivity index (χ1n) is 9.82. The number of amides is 2. The summed E-state index contributed by atoms with van der Waals surface area (Å²) in [6, 6.07) is 9.61. The molecule has 0 bridgehead atoms. The number of hydrogen-bond acceptors (Lipinski definition) is 3. The van der Waals surface area contributed by atoms with E-state index in [4.69, 9.17) is 5.11 Å². The van der Waals surface area contributed by atoms with Crippen molar-refractivity contribution in [1.29, 1.82) is 0 Å². The molecule has 6 heteroatoms. The van der Waals surface area contributed by atoms with Crippen LogP contribution in [0.4, 0.5) is 4.79 Å². The van der Waals surface area contributed by atoms with Gasteiger partial charge in [0, 0.05) is 37.1 Å². The molecule has 0 aromatic heterocycles. The van der Waals surface area contributed by atoms with Gasteiger partial charge in [-0.2, -0.15) is 0 Å². The second-order valence-corrected chi connectivity index (χ2v) is 8.37. The van der Waals surface area contributed by atoms with Crippen molar-refractivity contribution in [1.82, 2.24) is 15.5 Å². The molecule has 1 heterocycles. The highest BCUT2D eigenvalue weighted by Gasteiger charge is 2.27. The smallest absolute Gasteiger partial charge is 0.315 e. The van der Waals surface area contributed by atoms with Crippen molar-refractivity contribution in [2.75, 3.05) is 13.1 Å². The molecule has 0 saturated carbocycles. The Hall–Kier alpha value is -2.08. The van der Waals surface area contributed by atoms with Crippen LogP contribution in [0.15, 0.2) is 30.3 Å². The maximum absolute atomic E-state index is 12.5. The fraction of sp³-hybridized carbons (Fsp3) is 0.619. The zero-order chi connectivity index (χ0) is 19.9. The molecule has 1 atom stereocenters. The number of carboxylic acids is 1. The molecule has 1 unspecified atom stereocenters. The predicted molar refractivity (Wildman–Crippen MR) is 107 cm³/mol. The molecule has 1 saturated heterocycles. The monoisotopic (exact) mass is 375 g/mol. The number of benzene rings is 1. The summed E-state index contributed by atoms with van der Waals surface area (Å²) in [6.45, 7) is 8.58. The lowest BCUT2D eigenvalue weighted by Crippen LogP contribution is -2.53. The van der Waals surface area contributed by atoms with Gasteiger partial charge in [0.15, 0.2) is 0 Å². The van der Waals surface area contributed by atoms with Crippen LogP contribution in [0.5, 0.6) is 0 Å². The van der Waals surface area contributed by atoms with Gasteiger partial charge in [-0.1, -0.05) is 30.3 Å². The van der Waals surface area contributed by atoms with E-state index in [1.54, 1.807) is 0 Å². The Morgan fingerprint density at radius 2 is 1.81 bits per heavy atom. The number of piperidine rings is 1. The van der Waals surface area contributed by atoms with E-state index in [9.17, 15) is 9.59 Å². The average molecular weight is 376 g/mol. The minimum atomic E-state index is -0.843. The van der Waals surface area contributed by atoms with Crippen molar-refractivity contribution in [2.45, 2.75) is 70.5 Å². The van der Waals surface area contributed by atoms with Crippen LogP contribution in [0.1, 0.15) is 52.0 Å². The van der Waals surface area contributed by atoms with E-state index < -0.39 is 5.97 Å². The summed E-state index contributed by atoms with van der Waals surface area (Å²) in [5.41, 5.74) is 1.25. The topological polar surface area (TPSA) is 81.7 Å². The summed E-state index contributed by atoms with van der Waals surface area (Å²) in [4.78, 5) is 25.8. The summed E-state index contributed by atoms with van der Waals surface area (Å²) >= 11 is 0. The molecule has 2 rings (SSSR count).